The molecule has 1 unspecified atom stereocenters. The fourth-order valence-corrected chi connectivity index (χ4v) is 3.20. The highest BCUT2D eigenvalue weighted by molar-refractivity contribution is 9.10. The monoisotopic (exact) mass is 395 g/mol. The van der Waals surface area contributed by atoms with Crippen molar-refractivity contribution in [3.63, 3.8) is 0 Å². The Labute approximate surface area is 155 Å². The number of nitrogens with one attached hydrogen (secondary N) is 1. The molecular weight excluding hydrogens is 378 g/mol. The van der Waals surface area contributed by atoms with Gasteiger partial charge in [0.1, 0.15) is 12.4 Å². The van der Waals surface area contributed by atoms with Crippen molar-refractivity contribution >= 4 is 33.3 Å². The van der Waals surface area contributed by atoms with E-state index in [1.165, 1.54) is 11.3 Å². The van der Waals surface area contributed by atoms with Crippen LogP contribution in [-0.4, -0.2) is 28.9 Å². The van der Waals surface area contributed by atoms with Crippen molar-refractivity contribution < 1.29 is 0 Å². The Morgan fingerprint density at radius 2 is 1.76 bits per heavy atom. The van der Waals surface area contributed by atoms with Gasteiger partial charge in [0.15, 0.2) is 0 Å². The van der Waals surface area contributed by atoms with Crippen molar-refractivity contribution in [2.45, 2.75) is 6.04 Å². The summed E-state index contributed by atoms with van der Waals surface area (Å²) in [5.74, 6) is 0.752. The maximum atomic E-state index is 4.39. The van der Waals surface area contributed by atoms with Gasteiger partial charge in [0, 0.05) is 30.0 Å². The Hall–Kier alpha value is -2.60. The SMILES string of the molecule is CN(C)c1ccc(C2C=C(c3ccc(Br)cc3)Nc3ncnn32)cc1. The number of anilines is 2. The van der Waals surface area contributed by atoms with Crippen LogP contribution in [0.25, 0.3) is 5.70 Å². The zero-order valence-electron chi connectivity index (χ0n) is 14.0. The van der Waals surface area contributed by atoms with E-state index in [2.05, 4.69) is 78.7 Å². The van der Waals surface area contributed by atoms with Crippen LogP contribution < -0.4 is 10.2 Å². The Kier molecular flexibility index (Phi) is 4.05. The summed E-state index contributed by atoms with van der Waals surface area (Å²) in [5.41, 5.74) is 4.50. The number of allylic oxidation sites excluding steroid dienone is 1. The fraction of sp³-hybridized carbons (Fsp3) is 0.158. The maximum absolute atomic E-state index is 4.39. The topological polar surface area (TPSA) is 46.0 Å². The molecule has 0 bridgehead atoms. The van der Waals surface area contributed by atoms with Crippen LogP contribution in [0.1, 0.15) is 17.2 Å². The number of hydrogen-bond acceptors (Lipinski definition) is 4. The van der Waals surface area contributed by atoms with Crippen molar-refractivity contribution in [2.24, 2.45) is 0 Å². The van der Waals surface area contributed by atoms with Crippen LogP contribution in [0.3, 0.4) is 0 Å². The minimum absolute atomic E-state index is 0.00797. The molecule has 1 atom stereocenters. The summed E-state index contributed by atoms with van der Waals surface area (Å²) >= 11 is 3.49. The molecule has 2 heterocycles. The summed E-state index contributed by atoms with van der Waals surface area (Å²) in [6.07, 6.45) is 3.78. The first kappa shape index (κ1) is 15.9. The molecule has 0 radical (unpaired) electrons. The molecule has 1 aliphatic heterocycles. The van der Waals surface area contributed by atoms with E-state index in [1.807, 2.05) is 30.9 Å². The third-order valence-electron chi connectivity index (χ3n) is 4.31. The average molecular weight is 396 g/mol. The molecule has 1 aliphatic rings. The largest absolute Gasteiger partial charge is 0.378 e. The summed E-state index contributed by atoms with van der Waals surface area (Å²) in [4.78, 5) is 6.45. The maximum Gasteiger partial charge on any atom is 0.226 e. The molecule has 4 rings (SSSR count). The second kappa shape index (κ2) is 6.37. The molecule has 2 aromatic carbocycles. The lowest BCUT2D eigenvalue weighted by molar-refractivity contribution is 0.612. The van der Waals surface area contributed by atoms with Crippen molar-refractivity contribution in [1.29, 1.82) is 0 Å². The Morgan fingerprint density at radius 3 is 2.44 bits per heavy atom. The van der Waals surface area contributed by atoms with Gasteiger partial charge >= 0.3 is 0 Å². The van der Waals surface area contributed by atoms with E-state index in [-0.39, 0.29) is 6.04 Å². The Bertz CT molecular complexity index is 910. The quantitative estimate of drug-likeness (QED) is 0.722. The number of hydrogen-bond donors (Lipinski definition) is 1. The van der Waals surface area contributed by atoms with Gasteiger partial charge < -0.3 is 10.2 Å². The minimum Gasteiger partial charge on any atom is -0.378 e. The zero-order valence-corrected chi connectivity index (χ0v) is 15.6. The smallest absolute Gasteiger partial charge is 0.226 e. The van der Waals surface area contributed by atoms with Crippen LogP contribution in [0, 0.1) is 0 Å². The van der Waals surface area contributed by atoms with Gasteiger partial charge in [0.05, 0.1) is 0 Å². The first-order valence-electron chi connectivity index (χ1n) is 8.03. The molecule has 0 amide bonds. The molecule has 25 heavy (non-hydrogen) atoms. The number of nitrogens with zero attached hydrogens (tertiary/aromatic N) is 4. The van der Waals surface area contributed by atoms with E-state index in [9.17, 15) is 0 Å². The molecule has 1 aromatic heterocycles. The number of benzene rings is 2. The summed E-state index contributed by atoms with van der Waals surface area (Å²) in [7, 11) is 4.08. The number of halogens is 1. The van der Waals surface area contributed by atoms with Crippen molar-refractivity contribution in [3.05, 3.63) is 76.5 Å². The lowest BCUT2D eigenvalue weighted by Crippen LogP contribution is -2.20. The van der Waals surface area contributed by atoms with Crippen LogP contribution in [0.5, 0.6) is 0 Å². The van der Waals surface area contributed by atoms with Gasteiger partial charge in [-0.3, -0.25) is 0 Å². The number of aromatic nitrogens is 3. The normalized spacial score (nSPS) is 16.0. The van der Waals surface area contributed by atoms with Gasteiger partial charge in [-0.2, -0.15) is 10.1 Å². The Morgan fingerprint density at radius 1 is 1.04 bits per heavy atom. The highest BCUT2D eigenvalue weighted by Crippen LogP contribution is 2.32. The number of rotatable bonds is 3. The van der Waals surface area contributed by atoms with Crippen LogP contribution in [0.15, 0.2) is 65.4 Å². The number of fused-ring (bicyclic) bond motifs is 1. The first-order valence-corrected chi connectivity index (χ1v) is 8.83. The predicted molar refractivity (Wildman–Crippen MR) is 105 cm³/mol. The third kappa shape index (κ3) is 3.05. The molecule has 0 aliphatic carbocycles. The highest BCUT2D eigenvalue weighted by Gasteiger charge is 2.23. The molecule has 5 nitrogen and oxygen atoms in total. The molecular formula is C19H18BrN5. The second-order valence-electron chi connectivity index (χ2n) is 6.17. The van der Waals surface area contributed by atoms with Gasteiger partial charge in [-0.05, 0) is 41.5 Å². The Balaban J connectivity index is 1.75. The third-order valence-corrected chi connectivity index (χ3v) is 4.84. The van der Waals surface area contributed by atoms with E-state index in [1.54, 1.807) is 6.33 Å². The fourth-order valence-electron chi connectivity index (χ4n) is 2.94. The molecule has 1 N–H and O–H groups in total. The van der Waals surface area contributed by atoms with E-state index in [0.717, 1.165) is 21.7 Å². The van der Waals surface area contributed by atoms with Gasteiger partial charge in [-0.1, -0.05) is 40.2 Å². The lowest BCUT2D eigenvalue weighted by atomic mass is 10.0. The van der Waals surface area contributed by atoms with Gasteiger partial charge in [-0.25, -0.2) is 4.68 Å². The van der Waals surface area contributed by atoms with Crippen LogP contribution in [0.4, 0.5) is 11.6 Å². The standard InChI is InChI=1S/C19H18BrN5/c1-24(2)16-9-5-14(6-10-16)18-11-17(13-3-7-15(20)8-4-13)23-19-21-12-22-25(18)19/h3-12,18H,1-2H3,(H,21,22,23). The highest BCUT2D eigenvalue weighted by atomic mass is 79.9. The summed E-state index contributed by atoms with van der Waals surface area (Å²) in [6, 6.07) is 16.8. The van der Waals surface area contributed by atoms with E-state index < -0.39 is 0 Å². The molecule has 3 aromatic rings. The summed E-state index contributed by atoms with van der Waals surface area (Å²) in [5, 5.41) is 7.76. The molecule has 0 spiro atoms. The van der Waals surface area contributed by atoms with Gasteiger partial charge in [0.2, 0.25) is 5.95 Å². The molecule has 0 saturated heterocycles. The molecule has 0 saturated carbocycles. The molecule has 0 fully saturated rings. The minimum atomic E-state index is 0.00797. The van der Waals surface area contributed by atoms with Crippen LogP contribution in [-0.2, 0) is 0 Å². The van der Waals surface area contributed by atoms with Crippen molar-refractivity contribution in [2.75, 3.05) is 24.3 Å². The zero-order chi connectivity index (χ0) is 17.4. The summed E-state index contributed by atoms with van der Waals surface area (Å²) < 4.78 is 2.97. The molecule has 6 heteroatoms. The molecule has 126 valence electrons. The van der Waals surface area contributed by atoms with Crippen molar-refractivity contribution in [1.82, 2.24) is 14.8 Å². The van der Waals surface area contributed by atoms with E-state index in [0.29, 0.717) is 0 Å². The van der Waals surface area contributed by atoms with Crippen molar-refractivity contribution in [3.8, 4) is 0 Å². The second-order valence-corrected chi connectivity index (χ2v) is 7.09. The van der Waals surface area contributed by atoms with Crippen LogP contribution in [0.2, 0.25) is 0 Å². The van der Waals surface area contributed by atoms with E-state index in [4.69, 9.17) is 0 Å². The summed E-state index contributed by atoms with van der Waals surface area (Å²) in [6.45, 7) is 0. The first-order chi connectivity index (χ1) is 12.1. The van der Waals surface area contributed by atoms with Gasteiger partial charge in [-0.15, -0.1) is 0 Å². The predicted octanol–water partition coefficient (Wildman–Crippen LogP) is 4.16. The van der Waals surface area contributed by atoms with Crippen LogP contribution >= 0.6 is 15.9 Å². The average Bonchev–Trinajstić information content (AvgIpc) is 3.10. The van der Waals surface area contributed by atoms with E-state index >= 15 is 0 Å². The van der Waals surface area contributed by atoms with Gasteiger partial charge in [0.25, 0.3) is 0 Å². The lowest BCUT2D eigenvalue weighted by Gasteiger charge is -2.25.